The number of rotatable bonds is 6. The monoisotopic (exact) mass is 228 g/mol. The third kappa shape index (κ3) is 4.94. The second-order valence-electron chi connectivity index (χ2n) is 4.84. The molecule has 0 saturated carbocycles. The Morgan fingerprint density at radius 1 is 1.44 bits per heavy atom. The summed E-state index contributed by atoms with van der Waals surface area (Å²) in [6.45, 7) is 8.59. The standard InChI is InChI=1S/C12H24N2O2/c1-9(2)13-6-4-12(15)14-10(3)11-5-7-16-8-11/h9-11,13H,4-8H2,1-3H3,(H,14,15). The van der Waals surface area contributed by atoms with Gasteiger partial charge < -0.3 is 15.4 Å². The average molecular weight is 228 g/mol. The van der Waals surface area contributed by atoms with Crippen molar-refractivity contribution >= 4 is 5.91 Å². The molecule has 0 aromatic carbocycles. The third-order valence-corrected chi connectivity index (χ3v) is 2.97. The van der Waals surface area contributed by atoms with E-state index in [1.54, 1.807) is 0 Å². The molecule has 4 heteroatoms. The second kappa shape index (κ2) is 6.86. The lowest BCUT2D eigenvalue weighted by atomic mass is 10.0. The molecule has 1 amide bonds. The van der Waals surface area contributed by atoms with Crippen molar-refractivity contribution < 1.29 is 9.53 Å². The topological polar surface area (TPSA) is 50.4 Å². The van der Waals surface area contributed by atoms with Crippen LogP contribution in [0.1, 0.15) is 33.6 Å². The van der Waals surface area contributed by atoms with Gasteiger partial charge in [0.25, 0.3) is 0 Å². The van der Waals surface area contributed by atoms with Crippen LogP contribution in [0.3, 0.4) is 0 Å². The number of amides is 1. The molecule has 1 aliphatic rings. The molecule has 1 rings (SSSR count). The molecule has 0 bridgehead atoms. The quantitative estimate of drug-likeness (QED) is 0.710. The maximum absolute atomic E-state index is 11.6. The molecule has 0 aromatic heterocycles. The molecule has 4 nitrogen and oxygen atoms in total. The van der Waals surface area contributed by atoms with Gasteiger partial charge in [-0.2, -0.15) is 0 Å². The van der Waals surface area contributed by atoms with Gasteiger partial charge in [0.15, 0.2) is 0 Å². The van der Waals surface area contributed by atoms with E-state index in [0.29, 0.717) is 18.4 Å². The first kappa shape index (κ1) is 13.5. The molecule has 16 heavy (non-hydrogen) atoms. The zero-order valence-corrected chi connectivity index (χ0v) is 10.6. The molecule has 2 unspecified atom stereocenters. The first-order valence-corrected chi connectivity index (χ1v) is 6.20. The van der Waals surface area contributed by atoms with Crippen LogP contribution in [0.4, 0.5) is 0 Å². The van der Waals surface area contributed by atoms with Crippen LogP contribution in [0.5, 0.6) is 0 Å². The van der Waals surface area contributed by atoms with Crippen molar-refractivity contribution in [3.05, 3.63) is 0 Å². The first-order valence-electron chi connectivity index (χ1n) is 6.20. The Morgan fingerprint density at radius 2 is 2.19 bits per heavy atom. The molecule has 0 aliphatic carbocycles. The summed E-state index contributed by atoms with van der Waals surface area (Å²) in [6.07, 6.45) is 1.61. The minimum absolute atomic E-state index is 0.132. The summed E-state index contributed by atoms with van der Waals surface area (Å²) in [6, 6.07) is 0.669. The summed E-state index contributed by atoms with van der Waals surface area (Å²) < 4.78 is 5.31. The largest absolute Gasteiger partial charge is 0.381 e. The molecule has 94 valence electrons. The Bertz CT molecular complexity index is 213. The highest BCUT2D eigenvalue weighted by Gasteiger charge is 2.23. The molecule has 0 aromatic rings. The van der Waals surface area contributed by atoms with E-state index in [2.05, 4.69) is 31.4 Å². The van der Waals surface area contributed by atoms with Crippen LogP contribution in [0.2, 0.25) is 0 Å². The molecule has 1 aliphatic heterocycles. The fraction of sp³-hybridized carbons (Fsp3) is 0.917. The molecule has 1 saturated heterocycles. The molecule has 0 radical (unpaired) electrons. The van der Waals surface area contributed by atoms with Crippen molar-refractivity contribution in [1.29, 1.82) is 0 Å². The summed E-state index contributed by atoms with van der Waals surface area (Å²) in [4.78, 5) is 11.6. The van der Waals surface area contributed by atoms with Gasteiger partial charge in [-0.1, -0.05) is 13.8 Å². The van der Waals surface area contributed by atoms with Gasteiger partial charge in [0, 0.05) is 37.6 Å². The van der Waals surface area contributed by atoms with Gasteiger partial charge in [-0.05, 0) is 13.3 Å². The van der Waals surface area contributed by atoms with E-state index in [9.17, 15) is 4.79 Å². The van der Waals surface area contributed by atoms with E-state index in [0.717, 1.165) is 26.2 Å². The van der Waals surface area contributed by atoms with Crippen molar-refractivity contribution in [3.8, 4) is 0 Å². The fourth-order valence-electron chi connectivity index (χ4n) is 1.87. The molecule has 2 atom stereocenters. The maximum Gasteiger partial charge on any atom is 0.221 e. The molecular weight excluding hydrogens is 204 g/mol. The van der Waals surface area contributed by atoms with E-state index >= 15 is 0 Å². The van der Waals surface area contributed by atoms with Crippen LogP contribution in [0, 0.1) is 5.92 Å². The predicted molar refractivity (Wildman–Crippen MR) is 64.3 cm³/mol. The SMILES string of the molecule is CC(C)NCCC(=O)NC(C)C1CCOC1. The zero-order chi connectivity index (χ0) is 12.0. The van der Waals surface area contributed by atoms with Crippen molar-refractivity contribution in [2.75, 3.05) is 19.8 Å². The van der Waals surface area contributed by atoms with Crippen LogP contribution in [0.15, 0.2) is 0 Å². The minimum atomic E-state index is 0.132. The Hall–Kier alpha value is -0.610. The summed E-state index contributed by atoms with van der Waals surface area (Å²) in [5.74, 6) is 0.620. The fourth-order valence-corrected chi connectivity index (χ4v) is 1.87. The van der Waals surface area contributed by atoms with Gasteiger partial charge in [0.1, 0.15) is 0 Å². The Balaban J connectivity index is 2.12. The Labute approximate surface area is 98.1 Å². The van der Waals surface area contributed by atoms with E-state index < -0.39 is 0 Å². The van der Waals surface area contributed by atoms with Crippen LogP contribution >= 0.6 is 0 Å². The lowest BCUT2D eigenvalue weighted by Gasteiger charge is -2.19. The summed E-state index contributed by atoms with van der Waals surface area (Å²) >= 11 is 0. The number of carbonyl (C=O) groups is 1. The lowest BCUT2D eigenvalue weighted by molar-refractivity contribution is -0.121. The van der Waals surface area contributed by atoms with Crippen molar-refractivity contribution in [2.24, 2.45) is 5.92 Å². The summed E-state index contributed by atoms with van der Waals surface area (Å²) in [5, 5.41) is 6.27. The highest BCUT2D eigenvalue weighted by molar-refractivity contribution is 5.76. The summed E-state index contributed by atoms with van der Waals surface area (Å²) in [7, 11) is 0. The number of hydrogen-bond acceptors (Lipinski definition) is 3. The molecule has 0 spiro atoms. The van der Waals surface area contributed by atoms with E-state index in [-0.39, 0.29) is 11.9 Å². The van der Waals surface area contributed by atoms with Gasteiger partial charge in [0.2, 0.25) is 5.91 Å². The van der Waals surface area contributed by atoms with E-state index in [1.165, 1.54) is 0 Å². The Kier molecular flexibility index (Phi) is 5.77. The molecule has 1 heterocycles. The van der Waals surface area contributed by atoms with Crippen LogP contribution < -0.4 is 10.6 Å². The summed E-state index contributed by atoms with van der Waals surface area (Å²) in [5.41, 5.74) is 0. The molecule has 1 fully saturated rings. The van der Waals surface area contributed by atoms with Gasteiger partial charge >= 0.3 is 0 Å². The second-order valence-corrected chi connectivity index (χ2v) is 4.84. The minimum Gasteiger partial charge on any atom is -0.381 e. The smallest absolute Gasteiger partial charge is 0.221 e. The normalized spacial score (nSPS) is 22.4. The van der Waals surface area contributed by atoms with Crippen LogP contribution in [0.25, 0.3) is 0 Å². The van der Waals surface area contributed by atoms with Crippen molar-refractivity contribution in [2.45, 2.75) is 45.7 Å². The lowest BCUT2D eigenvalue weighted by Crippen LogP contribution is -2.39. The zero-order valence-electron chi connectivity index (χ0n) is 10.6. The number of ether oxygens (including phenoxy) is 1. The molecule has 2 N–H and O–H groups in total. The number of hydrogen-bond donors (Lipinski definition) is 2. The van der Waals surface area contributed by atoms with E-state index in [4.69, 9.17) is 4.74 Å². The van der Waals surface area contributed by atoms with Crippen molar-refractivity contribution in [3.63, 3.8) is 0 Å². The predicted octanol–water partition coefficient (Wildman–Crippen LogP) is 0.916. The van der Waals surface area contributed by atoms with Gasteiger partial charge in [-0.3, -0.25) is 4.79 Å². The van der Waals surface area contributed by atoms with Crippen LogP contribution in [-0.2, 0) is 9.53 Å². The highest BCUT2D eigenvalue weighted by Crippen LogP contribution is 2.16. The van der Waals surface area contributed by atoms with Gasteiger partial charge in [-0.15, -0.1) is 0 Å². The van der Waals surface area contributed by atoms with Crippen LogP contribution in [-0.4, -0.2) is 37.7 Å². The van der Waals surface area contributed by atoms with Gasteiger partial charge in [0.05, 0.1) is 6.61 Å². The maximum atomic E-state index is 11.6. The highest BCUT2D eigenvalue weighted by atomic mass is 16.5. The Morgan fingerprint density at radius 3 is 2.75 bits per heavy atom. The van der Waals surface area contributed by atoms with Gasteiger partial charge in [-0.25, -0.2) is 0 Å². The van der Waals surface area contributed by atoms with E-state index in [1.807, 2.05) is 0 Å². The average Bonchev–Trinajstić information content (AvgIpc) is 2.69. The first-order chi connectivity index (χ1) is 7.59. The third-order valence-electron chi connectivity index (χ3n) is 2.97. The number of carbonyl (C=O) groups excluding carboxylic acids is 1. The van der Waals surface area contributed by atoms with Crippen molar-refractivity contribution in [1.82, 2.24) is 10.6 Å². The molecular formula is C12H24N2O2. The number of nitrogens with one attached hydrogen (secondary N) is 2.